The zero-order chi connectivity index (χ0) is 18.2. The quantitative estimate of drug-likeness (QED) is 0.442. The van der Waals surface area contributed by atoms with Crippen molar-refractivity contribution in [2.24, 2.45) is 5.73 Å². The molecule has 0 bridgehead atoms. The van der Waals surface area contributed by atoms with Gasteiger partial charge in [-0.15, -0.1) is 0 Å². The molecule has 11 nitrogen and oxygen atoms in total. The van der Waals surface area contributed by atoms with E-state index < -0.39 is 36.9 Å². The summed E-state index contributed by atoms with van der Waals surface area (Å²) in [7, 11) is 1.47. The first-order chi connectivity index (χ1) is 12.0. The highest BCUT2D eigenvalue weighted by molar-refractivity contribution is 5.81. The number of hydrogen-bond donors (Lipinski definition) is 4. The van der Waals surface area contributed by atoms with Crippen LogP contribution in [0.4, 0.5) is 5.82 Å². The SMILES string of the molecule is COC(C)O[C@H]1[C@H](n2cnc3c(N)ncnc32)O[C@H](CO)[C@]1(O)CN. The van der Waals surface area contributed by atoms with E-state index in [2.05, 4.69) is 15.0 Å². The standard InChI is InChI=1S/C14H22N6O5/c1-7(23-2)24-10-13(25-8(3-21)14(10,22)4-15)20-6-19-9-11(16)17-5-18-12(9)20/h5-8,10,13,21-22H,3-4,15H2,1-2H3,(H2,16,17,18)/t7?,8-,10+,13-,14-/m1/s1. The van der Waals surface area contributed by atoms with Crippen LogP contribution in [-0.2, 0) is 14.2 Å². The second-order valence-electron chi connectivity index (χ2n) is 5.84. The molecule has 0 saturated carbocycles. The van der Waals surface area contributed by atoms with E-state index in [1.165, 1.54) is 19.8 Å². The molecule has 25 heavy (non-hydrogen) atoms. The Kier molecular flexibility index (Phi) is 4.86. The maximum absolute atomic E-state index is 11.0. The normalized spacial score (nSPS) is 30.8. The van der Waals surface area contributed by atoms with Crippen LogP contribution in [0.5, 0.6) is 0 Å². The van der Waals surface area contributed by atoms with Crippen molar-refractivity contribution in [1.82, 2.24) is 19.5 Å². The van der Waals surface area contributed by atoms with Crippen LogP contribution in [0.3, 0.4) is 0 Å². The Morgan fingerprint density at radius 1 is 1.44 bits per heavy atom. The number of anilines is 1. The molecule has 3 heterocycles. The minimum atomic E-state index is -1.62. The molecule has 1 unspecified atom stereocenters. The number of ether oxygens (including phenoxy) is 3. The fourth-order valence-electron chi connectivity index (χ4n) is 2.95. The van der Waals surface area contributed by atoms with Crippen LogP contribution in [-0.4, -0.2) is 74.1 Å². The molecule has 0 spiro atoms. The number of nitrogens with two attached hydrogens (primary N) is 2. The summed E-state index contributed by atoms with van der Waals surface area (Å²) in [6.07, 6.45) is -0.600. The maximum atomic E-state index is 11.0. The molecule has 1 saturated heterocycles. The molecular weight excluding hydrogens is 332 g/mol. The van der Waals surface area contributed by atoms with Gasteiger partial charge in [0.25, 0.3) is 0 Å². The number of aliphatic hydroxyl groups excluding tert-OH is 1. The molecule has 6 N–H and O–H groups in total. The first-order valence-corrected chi connectivity index (χ1v) is 7.76. The smallest absolute Gasteiger partial charge is 0.167 e. The summed E-state index contributed by atoms with van der Waals surface area (Å²) in [5.41, 5.74) is 10.8. The number of imidazole rings is 1. The highest BCUT2D eigenvalue weighted by atomic mass is 16.7. The second-order valence-corrected chi connectivity index (χ2v) is 5.84. The Morgan fingerprint density at radius 3 is 2.84 bits per heavy atom. The molecular formula is C14H22N6O5. The summed E-state index contributed by atoms with van der Waals surface area (Å²) in [6.45, 7) is 1.06. The third-order valence-corrected chi connectivity index (χ3v) is 4.44. The van der Waals surface area contributed by atoms with Gasteiger partial charge in [-0.25, -0.2) is 15.0 Å². The molecule has 1 fully saturated rings. The van der Waals surface area contributed by atoms with Crippen molar-refractivity contribution < 1.29 is 24.4 Å². The van der Waals surface area contributed by atoms with Crippen molar-refractivity contribution in [1.29, 1.82) is 0 Å². The van der Waals surface area contributed by atoms with Crippen molar-refractivity contribution >= 4 is 17.0 Å². The Bertz CT molecular complexity index is 742. The number of hydrogen-bond acceptors (Lipinski definition) is 10. The lowest BCUT2D eigenvalue weighted by Gasteiger charge is -2.33. The highest BCUT2D eigenvalue weighted by Crippen LogP contribution is 2.40. The molecule has 11 heteroatoms. The number of nitrogens with zero attached hydrogens (tertiary/aromatic N) is 4. The van der Waals surface area contributed by atoms with Gasteiger partial charge in [0.05, 0.1) is 12.9 Å². The van der Waals surface area contributed by atoms with Crippen molar-refractivity contribution in [3.63, 3.8) is 0 Å². The summed E-state index contributed by atoms with van der Waals surface area (Å²) in [4.78, 5) is 12.3. The maximum Gasteiger partial charge on any atom is 0.167 e. The van der Waals surface area contributed by atoms with Gasteiger partial charge in [0, 0.05) is 13.7 Å². The Hall–Kier alpha value is -1.89. The van der Waals surface area contributed by atoms with Gasteiger partial charge in [-0.1, -0.05) is 0 Å². The van der Waals surface area contributed by atoms with Gasteiger partial charge >= 0.3 is 0 Å². The Morgan fingerprint density at radius 2 is 2.20 bits per heavy atom. The minimum absolute atomic E-state index is 0.181. The summed E-state index contributed by atoms with van der Waals surface area (Å²) >= 11 is 0. The van der Waals surface area contributed by atoms with Crippen LogP contribution in [0.1, 0.15) is 13.2 Å². The Balaban J connectivity index is 2.06. The summed E-state index contributed by atoms with van der Waals surface area (Å²) in [6, 6.07) is 0. The summed E-state index contributed by atoms with van der Waals surface area (Å²) in [5, 5.41) is 20.6. The average molecular weight is 354 g/mol. The molecule has 1 aliphatic rings. The van der Waals surface area contributed by atoms with E-state index >= 15 is 0 Å². The minimum Gasteiger partial charge on any atom is -0.394 e. The van der Waals surface area contributed by atoms with Crippen LogP contribution in [0, 0.1) is 0 Å². The molecule has 0 radical (unpaired) electrons. The van der Waals surface area contributed by atoms with E-state index in [9.17, 15) is 10.2 Å². The van der Waals surface area contributed by atoms with Crippen LogP contribution < -0.4 is 11.5 Å². The topological polar surface area (TPSA) is 164 Å². The molecule has 5 atom stereocenters. The van der Waals surface area contributed by atoms with Gasteiger partial charge in [-0.05, 0) is 6.92 Å². The highest BCUT2D eigenvalue weighted by Gasteiger charge is 2.57. The van der Waals surface area contributed by atoms with Crippen LogP contribution in [0.2, 0.25) is 0 Å². The number of rotatable bonds is 6. The van der Waals surface area contributed by atoms with Crippen LogP contribution >= 0.6 is 0 Å². The second kappa shape index (κ2) is 6.78. The van der Waals surface area contributed by atoms with Gasteiger partial charge in [0.15, 0.2) is 24.0 Å². The van der Waals surface area contributed by atoms with Crippen LogP contribution in [0.15, 0.2) is 12.7 Å². The number of methoxy groups -OCH3 is 1. The van der Waals surface area contributed by atoms with E-state index in [1.807, 2.05) is 0 Å². The first-order valence-electron chi connectivity index (χ1n) is 7.76. The molecule has 3 rings (SSSR count). The van der Waals surface area contributed by atoms with Crippen molar-refractivity contribution in [3.8, 4) is 0 Å². The van der Waals surface area contributed by atoms with E-state index in [-0.39, 0.29) is 12.4 Å². The average Bonchev–Trinajstić information content (AvgIpc) is 3.16. The molecule has 0 aromatic carbocycles. The summed E-state index contributed by atoms with van der Waals surface area (Å²) in [5.74, 6) is 0.220. The van der Waals surface area contributed by atoms with Gasteiger partial charge < -0.3 is 35.9 Å². The largest absolute Gasteiger partial charge is 0.394 e. The lowest BCUT2D eigenvalue weighted by molar-refractivity contribution is -0.200. The van der Waals surface area contributed by atoms with Crippen molar-refractivity contribution in [3.05, 3.63) is 12.7 Å². The van der Waals surface area contributed by atoms with Gasteiger partial charge in [0.2, 0.25) is 0 Å². The Labute approximate surface area is 143 Å². The van der Waals surface area contributed by atoms with E-state index in [0.29, 0.717) is 11.2 Å². The number of aromatic nitrogens is 4. The van der Waals surface area contributed by atoms with E-state index in [0.717, 1.165) is 0 Å². The third-order valence-electron chi connectivity index (χ3n) is 4.44. The molecule has 1 aliphatic heterocycles. The fourth-order valence-corrected chi connectivity index (χ4v) is 2.95. The lowest BCUT2D eigenvalue weighted by Crippen LogP contribution is -2.56. The van der Waals surface area contributed by atoms with Gasteiger partial charge in [-0.2, -0.15) is 0 Å². The van der Waals surface area contributed by atoms with Gasteiger partial charge in [-0.3, -0.25) is 4.57 Å². The van der Waals surface area contributed by atoms with E-state index in [4.69, 9.17) is 25.7 Å². The first kappa shape index (κ1) is 17.9. The molecule has 0 aliphatic carbocycles. The number of fused-ring (bicyclic) bond motifs is 1. The lowest BCUT2D eigenvalue weighted by atomic mass is 9.92. The van der Waals surface area contributed by atoms with Crippen molar-refractivity contribution in [2.75, 3.05) is 26.0 Å². The van der Waals surface area contributed by atoms with Crippen molar-refractivity contribution in [2.45, 2.75) is 37.3 Å². The molecule has 2 aromatic rings. The zero-order valence-electron chi connectivity index (χ0n) is 13.9. The van der Waals surface area contributed by atoms with Gasteiger partial charge in [0.1, 0.15) is 29.7 Å². The predicted molar refractivity (Wildman–Crippen MR) is 86.1 cm³/mol. The predicted octanol–water partition coefficient (Wildman–Crippen LogP) is -1.63. The zero-order valence-corrected chi connectivity index (χ0v) is 13.9. The van der Waals surface area contributed by atoms with Crippen LogP contribution in [0.25, 0.3) is 11.2 Å². The monoisotopic (exact) mass is 354 g/mol. The molecule has 138 valence electrons. The summed E-state index contributed by atoms with van der Waals surface area (Å²) < 4.78 is 18.3. The number of nitrogen functional groups attached to an aromatic ring is 1. The molecule has 2 aromatic heterocycles. The third kappa shape index (κ3) is 2.84. The fraction of sp³-hybridized carbons (Fsp3) is 0.643. The number of aliphatic hydroxyl groups is 2. The van der Waals surface area contributed by atoms with E-state index in [1.54, 1.807) is 11.5 Å². The molecule has 0 amide bonds.